The summed E-state index contributed by atoms with van der Waals surface area (Å²) in [5, 5.41) is 3.73. The van der Waals surface area contributed by atoms with Gasteiger partial charge in [-0.3, -0.25) is 0 Å². The molecule has 0 aliphatic heterocycles. The van der Waals surface area contributed by atoms with Crippen LogP contribution in [-0.2, 0) is 6.42 Å². The fraction of sp³-hybridized carbons (Fsp3) is 0.538. The fourth-order valence-electron chi connectivity index (χ4n) is 1.68. The van der Waals surface area contributed by atoms with Crippen LogP contribution in [-0.4, -0.2) is 18.0 Å². The summed E-state index contributed by atoms with van der Waals surface area (Å²) >= 11 is 5.93. The average molecular weight is 226 g/mol. The summed E-state index contributed by atoms with van der Waals surface area (Å²) in [5.41, 5.74) is 1.39. The molecule has 1 N–H and O–H groups in total. The zero-order valence-electron chi connectivity index (χ0n) is 9.54. The first-order chi connectivity index (χ1) is 7.18. The predicted octanol–water partition coefficient (Wildman–Crippen LogP) is 3.22. The molecule has 1 nitrogen and oxygen atoms in total. The minimum absolute atomic E-state index is 0.254. The van der Waals surface area contributed by atoms with Gasteiger partial charge in [-0.1, -0.05) is 30.3 Å². The SMILES string of the molecule is CC(Cl)CC(C)NCCc1ccccc1. The highest BCUT2D eigenvalue weighted by atomic mass is 35.5. The molecule has 0 heterocycles. The van der Waals surface area contributed by atoms with E-state index in [9.17, 15) is 0 Å². The number of nitrogens with one attached hydrogen (secondary N) is 1. The highest BCUT2D eigenvalue weighted by molar-refractivity contribution is 6.20. The molecule has 0 radical (unpaired) electrons. The Kier molecular flexibility index (Phi) is 5.74. The van der Waals surface area contributed by atoms with E-state index in [2.05, 4.69) is 42.6 Å². The average Bonchev–Trinajstić information content (AvgIpc) is 2.18. The molecule has 15 heavy (non-hydrogen) atoms. The zero-order valence-corrected chi connectivity index (χ0v) is 10.3. The normalized spacial score (nSPS) is 14.9. The van der Waals surface area contributed by atoms with Crippen molar-refractivity contribution < 1.29 is 0 Å². The maximum atomic E-state index is 5.93. The van der Waals surface area contributed by atoms with Crippen molar-refractivity contribution in [1.82, 2.24) is 5.32 Å². The van der Waals surface area contributed by atoms with Gasteiger partial charge in [0.1, 0.15) is 0 Å². The molecule has 0 amide bonds. The summed E-state index contributed by atoms with van der Waals surface area (Å²) in [4.78, 5) is 0. The first-order valence-corrected chi connectivity index (χ1v) is 6.03. The third kappa shape index (κ3) is 5.81. The Hall–Kier alpha value is -0.530. The van der Waals surface area contributed by atoms with E-state index in [0.29, 0.717) is 6.04 Å². The van der Waals surface area contributed by atoms with E-state index in [0.717, 1.165) is 19.4 Å². The third-order valence-electron chi connectivity index (χ3n) is 2.43. The fourth-order valence-corrected chi connectivity index (χ4v) is 1.95. The summed E-state index contributed by atoms with van der Waals surface area (Å²) in [6.07, 6.45) is 2.11. The molecule has 0 bridgehead atoms. The summed E-state index contributed by atoms with van der Waals surface area (Å²) in [6, 6.07) is 11.0. The van der Waals surface area contributed by atoms with Crippen molar-refractivity contribution in [3.63, 3.8) is 0 Å². The molecule has 1 aromatic rings. The quantitative estimate of drug-likeness (QED) is 0.734. The number of benzene rings is 1. The van der Waals surface area contributed by atoms with Gasteiger partial charge in [0.25, 0.3) is 0 Å². The van der Waals surface area contributed by atoms with Crippen LogP contribution in [0.2, 0.25) is 0 Å². The van der Waals surface area contributed by atoms with Crippen molar-refractivity contribution in [2.75, 3.05) is 6.54 Å². The van der Waals surface area contributed by atoms with E-state index in [4.69, 9.17) is 11.6 Å². The Morgan fingerprint density at radius 1 is 1.20 bits per heavy atom. The van der Waals surface area contributed by atoms with Gasteiger partial charge < -0.3 is 5.32 Å². The molecular formula is C13H20ClN. The van der Waals surface area contributed by atoms with Gasteiger partial charge >= 0.3 is 0 Å². The van der Waals surface area contributed by atoms with Gasteiger partial charge in [0.05, 0.1) is 0 Å². The lowest BCUT2D eigenvalue weighted by Crippen LogP contribution is -2.29. The van der Waals surface area contributed by atoms with Crippen LogP contribution in [0.4, 0.5) is 0 Å². The van der Waals surface area contributed by atoms with Crippen molar-refractivity contribution in [2.24, 2.45) is 0 Å². The summed E-state index contributed by atoms with van der Waals surface area (Å²) in [5.74, 6) is 0. The number of halogens is 1. The maximum absolute atomic E-state index is 5.93. The monoisotopic (exact) mass is 225 g/mol. The number of rotatable bonds is 6. The Morgan fingerprint density at radius 2 is 1.87 bits per heavy atom. The van der Waals surface area contributed by atoms with Gasteiger partial charge in [0, 0.05) is 11.4 Å². The molecule has 2 atom stereocenters. The van der Waals surface area contributed by atoms with Crippen LogP contribution in [0.15, 0.2) is 30.3 Å². The Morgan fingerprint density at radius 3 is 2.47 bits per heavy atom. The van der Waals surface area contributed by atoms with Crippen LogP contribution in [0, 0.1) is 0 Å². The predicted molar refractivity (Wildman–Crippen MR) is 67.5 cm³/mol. The van der Waals surface area contributed by atoms with E-state index in [-0.39, 0.29) is 5.38 Å². The van der Waals surface area contributed by atoms with Gasteiger partial charge in [0.15, 0.2) is 0 Å². The minimum atomic E-state index is 0.254. The van der Waals surface area contributed by atoms with Crippen LogP contribution < -0.4 is 5.32 Å². The Labute approximate surface area is 97.8 Å². The lowest BCUT2D eigenvalue weighted by molar-refractivity contribution is 0.515. The topological polar surface area (TPSA) is 12.0 Å². The lowest BCUT2D eigenvalue weighted by atomic mass is 10.1. The second-order valence-corrected chi connectivity index (χ2v) is 4.85. The summed E-state index contributed by atoms with van der Waals surface area (Å²) in [6.45, 7) is 5.25. The van der Waals surface area contributed by atoms with Crippen molar-refractivity contribution in [3.05, 3.63) is 35.9 Å². The van der Waals surface area contributed by atoms with Crippen molar-refractivity contribution >= 4 is 11.6 Å². The van der Waals surface area contributed by atoms with Crippen molar-refractivity contribution in [2.45, 2.75) is 38.1 Å². The summed E-state index contributed by atoms with van der Waals surface area (Å²) in [7, 11) is 0. The van der Waals surface area contributed by atoms with Gasteiger partial charge in [-0.2, -0.15) is 0 Å². The van der Waals surface area contributed by atoms with E-state index < -0.39 is 0 Å². The number of hydrogen-bond acceptors (Lipinski definition) is 1. The third-order valence-corrected chi connectivity index (χ3v) is 2.61. The van der Waals surface area contributed by atoms with Gasteiger partial charge in [-0.05, 0) is 38.8 Å². The number of hydrogen-bond donors (Lipinski definition) is 1. The van der Waals surface area contributed by atoms with Crippen LogP contribution >= 0.6 is 11.6 Å². The van der Waals surface area contributed by atoms with Crippen LogP contribution in [0.25, 0.3) is 0 Å². The first kappa shape index (κ1) is 12.5. The molecule has 0 aromatic heterocycles. The molecule has 0 saturated carbocycles. The zero-order chi connectivity index (χ0) is 11.1. The lowest BCUT2D eigenvalue weighted by Gasteiger charge is -2.14. The van der Waals surface area contributed by atoms with Crippen molar-refractivity contribution in [3.8, 4) is 0 Å². The molecule has 2 unspecified atom stereocenters. The molecule has 84 valence electrons. The molecule has 0 spiro atoms. The highest BCUT2D eigenvalue weighted by Gasteiger charge is 2.04. The van der Waals surface area contributed by atoms with E-state index in [1.165, 1.54) is 5.56 Å². The highest BCUT2D eigenvalue weighted by Crippen LogP contribution is 2.04. The minimum Gasteiger partial charge on any atom is -0.314 e. The van der Waals surface area contributed by atoms with E-state index >= 15 is 0 Å². The smallest absolute Gasteiger partial charge is 0.0322 e. The second-order valence-electron chi connectivity index (χ2n) is 4.11. The molecule has 0 aliphatic rings. The van der Waals surface area contributed by atoms with Crippen LogP contribution in [0.1, 0.15) is 25.8 Å². The van der Waals surface area contributed by atoms with Crippen molar-refractivity contribution in [1.29, 1.82) is 0 Å². The first-order valence-electron chi connectivity index (χ1n) is 5.60. The van der Waals surface area contributed by atoms with E-state index in [1.807, 2.05) is 6.92 Å². The molecule has 2 heteroatoms. The Bertz CT molecular complexity index is 258. The Balaban J connectivity index is 2.16. The molecule has 1 rings (SSSR count). The maximum Gasteiger partial charge on any atom is 0.0322 e. The molecular weight excluding hydrogens is 206 g/mol. The van der Waals surface area contributed by atoms with Gasteiger partial charge in [-0.25, -0.2) is 0 Å². The molecule has 0 aliphatic carbocycles. The summed E-state index contributed by atoms with van der Waals surface area (Å²) < 4.78 is 0. The largest absolute Gasteiger partial charge is 0.314 e. The van der Waals surface area contributed by atoms with Crippen LogP contribution in [0.3, 0.4) is 0 Å². The number of alkyl halides is 1. The molecule has 0 fully saturated rings. The molecule has 1 aromatic carbocycles. The standard InChI is InChI=1S/C13H20ClN/c1-11(14)10-12(2)15-9-8-13-6-4-3-5-7-13/h3-7,11-12,15H,8-10H2,1-2H3. The van der Waals surface area contributed by atoms with E-state index in [1.54, 1.807) is 0 Å². The second kappa shape index (κ2) is 6.86. The molecule has 0 saturated heterocycles. The van der Waals surface area contributed by atoms with Gasteiger partial charge in [0.2, 0.25) is 0 Å². The van der Waals surface area contributed by atoms with Crippen LogP contribution in [0.5, 0.6) is 0 Å². The van der Waals surface area contributed by atoms with Gasteiger partial charge in [-0.15, -0.1) is 11.6 Å².